The molecule has 0 aromatic heterocycles. The summed E-state index contributed by atoms with van der Waals surface area (Å²) in [5.74, 6) is 0.902. The van der Waals surface area contributed by atoms with Gasteiger partial charge in [0.2, 0.25) is 5.91 Å². The highest BCUT2D eigenvalue weighted by Gasteiger charge is 2.29. The summed E-state index contributed by atoms with van der Waals surface area (Å²) in [5.41, 5.74) is 4.88. The number of piperazine rings is 1. The lowest BCUT2D eigenvalue weighted by Crippen LogP contribution is -2.51. The lowest BCUT2D eigenvalue weighted by Gasteiger charge is -2.35. The normalized spacial score (nSPS) is 21.4. The number of amides is 1. The summed E-state index contributed by atoms with van der Waals surface area (Å²) in [5, 5.41) is 0. The third kappa shape index (κ3) is 4.62. The van der Waals surface area contributed by atoms with Gasteiger partial charge in [0.15, 0.2) is 0 Å². The van der Waals surface area contributed by atoms with E-state index in [0.29, 0.717) is 12.5 Å². The van der Waals surface area contributed by atoms with Gasteiger partial charge in [-0.2, -0.15) is 0 Å². The van der Waals surface area contributed by atoms with Crippen LogP contribution in [0.5, 0.6) is 0 Å². The molecule has 0 bridgehead atoms. The number of likely N-dealkylation sites (tertiary alicyclic amines) is 1. The van der Waals surface area contributed by atoms with Crippen molar-refractivity contribution in [3.8, 4) is 0 Å². The van der Waals surface area contributed by atoms with Gasteiger partial charge in [-0.1, -0.05) is 36.4 Å². The van der Waals surface area contributed by atoms with Crippen LogP contribution in [0.2, 0.25) is 0 Å². The SMILES string of the molecule is Cc1cc(C)cc(N2CCN(C[C@@H]3CCN(Cc4ccccc4)C3)CC2=O)c1. The van der Waals surface area contributed by atoms with E-state index in [1.807, 2.05) is 4.90 Å². The Balaban J connectivity index is 1.29. The Labute approximate surface area is 168 Å². The summed E-state index contributed by atoms with van der Waals surface area (Å²) < 4.78 is 0. The average Bonchev–Trinajstić information content (AvgIpc) is 3.08. The molecule has 2 heterocycles. The topological polar surface area (TPSA) is 26.8 Å². The first-order chi connectivity index (χ1) is 13.6. The summed E-state index contributed by atoms with van der Waals surface area (Å²) in [4.78, 5) is 19.7. The van der Waals surface area contributed by atoms with Crippen molar-refractivity contribution >= 4 is 11.6 Å². The lowest BCUT2D eigenvalue weighted by molar-refractivity contribution is -0.121. The van der Waals surface area contributed by atoms with E-state index >= 15 is 0 Å². The molecule has 2 aromatic rings. The Bertz CT molecular complexity index is 800. The number of aryl methyl sites for hydroxylation is 2. The average molecular weight is 378 g/mol. The van der Waals surface area contributed by atoms with Crippen LogP contribution in [0.25, 0.3) is 0 Å². The maximum absolute atomic E-state index is 12.8. The number of benzene rings is 2. The smallest absolute Gasteiger partial charge is 0.241 e. The van der Waals surface area contributed by atoms with E-state index in [0.717, 1.165) is 45.0 Å². The molecule has 2 aliphatic rings. The van der Waals surface area contributed by atoms with Crippen molar-refractivity contribution in [2.75, 3.05) is 44.2 Å². The molecule has 0 spiro atoms. The van der Waals surface area contributed by atoms with Crippen molar-refractivity contribution in [1.82, 2.24) is 9.80 Å². The van der Waals surface area contributed by atoms with Crippen molar-refractivity contribution in [1.29, 1.82) is 0 Å². The summed E-state index contributed by atoms with van der Waals surface area (Å²) in [7, 11) is 0. The quantitative estimate of drug-likeness (QED) is 0.798. The summed E-state index contributed by atoms with van der Waals surface area (Å²) >= 11 is 0. The molecule has 0 aliphatic carbocycles. The van der Waals surface area contributed by atoms with E-state index in [1.54, 1.807) is 0 Å². The second kappa shape index (κ2) is 8.46. The van der Waals surface area contributed by atoms with Gasteiger partial charge in [0.05, 0.1) is 6.54 Å². The molecule has 2 fully saturated rings. The highest BCUT2D eigenvalue weighted by Crippen LogP contribution is 2.23. The minimum atomic E-state index is 0.232. The zero-order chi connectivity index (χ0) is 19.5. The van der Waals surface area contributed by atoms with Crippen LogP contribution in [-0.4, -0.2) is 55.0 Å². The van der Waals surface area contributed by atoms with E-state index < -0.39 is 0 Å². The first-order valence-electron chi connectivity index (χ1n) is 10.4. The zero-order valence-corrected chi connectivity index (χ0v) is 17.1. The van der Waals surface area contributed by atoms with Gasteiger partial charge >= 0.3 is 0 Å². The van der Waals surface area contributed by atoms with Gasteiger partial charge in [-0.05, 0) is 61.6 Å². The Hall–Kier alpha value is -2.17. The molecule has 1 atom stereocenters. The molecule has 148 valence electrons. The summed E-state index contributed by atoms with van der Waals surface area (Å²) in [6, 6.07) is 17.1. The van der Waals surface area contributed by atoms with Gasteiger partial charge in [-0.25, -0.2) is 0 Å². The highest BCUT2D eigenvalue weighted by atomic mass is 16.2. The van der Waals surface area contributed by atoms with Crippen LogP contribution in [-0.2, 0) is 11.3 Å². The molecule has 0 N–H and O–H groups in total. The van der Waals surface area contributed by atoms with Crippen LogP contribution in [0.3, 0.4) is 0 Å². The van der Waals surface area contributed by atoms with Gasteiger partial charge in [-0.15, -0.1) is 0 Å². The molecule has 0 radical (unpaired) electrons. The monoisotopic (exact) mass is 377 g/mol. The molecule has 2 saturated heterocycles. The number of anilines is 1. The number of hydrogen-bond donors (Lipinski definition) is 0. The molecule has 4 nitrogen and oxygen atoms in total. The van der Waals surface area contributed by atoms with Crippen LogP contribution in [0, 0.1) is 19.8 Å². The molecular formula is C24H31N3O. The Morgan fingerprint density at radius 3 is 2.39 bits per heavy atom. The van der Waals surface area contributed by atoms with Crippen LogP contribution in [0.1, 0.15) is 23.1 Å². The van der Waals surface area contributed by atoms with Crippen LogP contribution < -0.4 is 4.90 Å². The zero-order valence-electron chi connectivity index (χ0n) is 17.1. The third-order valence-corrected chi connectivity index (χ3v) is 5.95. The molecule has 4 rings (SSSR count). The highest BCUT2D eigenvalue weighted by molar-refractivity contribution is 5.95. The lowest BCUT2D eigenvalue weighted by atomic mass is 10.1. The second-order valence-corrected chi connectivity index (χ2v) is 8.50. The molecule has 2 aliphatic heterocycles. The second-order valence-electron chi connectivity index (χ2n) is 8.50. The van der Waals surface area contributed by atoms with Gasteiger partial charge in [0.25, 0.3) is 0 Å². The fraction of sp³-hybridized carbons (Fsp3) is 0.458. The van der Waals surface area contributed by atoms with Gasteiger partial charge in [0.1, 0.15) is 0 Å². The number of carbonyl (C=O) groups is 1. The maximum atomic E-state index is 12.8. The molecule has 4 heteroatoms. The molecule has 0 unspecified atom stereocenters. The number of rotatable bonds is 5. The van der Waals surface area contributed by atoms with Crippen LogP contribution in [0.15, 0.2) is 48.5 Å². The van der Waals surface area contributed by atoms with Crippen molar-refractivity contribution in [2.45, 2.75) is 26.8 Å². The van der Waals surface area contributed by atoms with Crippen LogP contribution >= 0.6 is 0 Å². The number of nitrogens with zero attached hydrogens (tertiary/aromatic N) is 3. The predicted octanol–water partition coefficient (Wildman–Crippen LogP) is 3.47. The van der Waals surface area contributed by atoms with Gasteiger partial charge in [0, 0.05) is 38.4 Å². The number of carbonyl (C=O) groups excluding carboxylic acids is 1. The number of hydrogen-bond acceptors (Lipinski definition) is 3. The van der Waals surface area contributed by atoms with E-state index in [2.05, 4.69) is 72.2 Å². The first kappa shape index (κ1) is 19.2. The molecule has 28 heavy (non-hydrogen) atoms. The Morgan fingerprint density at radius 1 is 0.929 bits per heavy atom. The minimum absolute atomic E-state index is 0.232. The van der Waals surface area contributed by atoms with Crippen molar-refractivity contribution < 1.29 is 4.79 Å². The molecule has 2 aromatic carbocycles. The largest absolute Gasteiger partial charge is 0.310 e. The molecule has 0 saturated carbocycles. The van der Waals surface area contributed by atoms with Crippen molar-refractivity contribution in [2.24, 2.45) is 5.92 Å². The Kier molecular flexibility index (Phi) is 5.79. The fourth-order valence-corrected chi connectivity index (χ4v) is 4.67. The third-order valence-electron chi connectivity index (χ3n) is 5.95. The van der Waals surface area contributed by atoms with Crippen molar-refractivity contribution in [3.05, 3.63) is 65.2 Å². The molecular weight excluding hydrogens is 346 g/mol. The fourth-order valence-electron chi connectivity index (χ4n) is 4.67. The van der Waals surface area contributed by atoms with Gasteiger partial charge < -0.3 is 4.90 Å². The minimum Gasteiger partial charge on any atom is -0.310 e. The predicted molar refractivity (Wildman–Crippen MR) is 115 cm³/mol. The van der Waals surface area contributed by atoms with E-state index in [1.165, 1.54) is 23.1 Å². The maximum Gasteiger partial charge on any atom is 0.241 e. The van der Waals surface area contributed by atoms with E-state index in [4.69, 9.17) is 0 Å². The van der Waals surface area contributed by atoms with E-state index in [-0.39, 0.29) is 5.91 Å². The Morgan fingerprint density at radius 2 is 1.68 bits per heavy atom. The van der Waals surface area contributed by atoms with Crippen LogP contribution in [0.4, 0.5) is 5.69 Å². The summed E-state index contributed by atoms with van der Waals surface area (Å²) in [6.45, 7) is 10.9. The van der Waals surface area contributed by atoms with Gasteiger partial charge in [-0.3, -0.25) is 14.6 Å². The first-order valence-corrected chi connectivity index (χ1v) is 10.4. The van der Waals surface area contributed by atoms with E-state index in [9.17, 15) is 4.79 Å². The standard InChI is InChI=1S/C24H31N3O/c1-19-12-20(2)14-23(13-19)27-11-10-26(18-24(27)28)17-22-8-9-25(16-22)15-21-6-4-3-5-7-21/h3-7,12-14,22H,8-11,15-18H2,1-2H3/t22-/m1/s1. The van der Waals surface area contributed by atoms with Crippen molar-refractivity contribution in [3.63, 3.8) is 0 Å². The summed E-state index contributed by atoms with van der Waals surface area (Å²) in [6.07, 6.45) is 1.23. The molecule has 1 amide bonds.